The van der Waals surface area contributed by atoms with Crippen LogP contribution in [0.3, 0.4) is 0 Å². The van der Waals surface area contributed by atoms with Crippen LogP contribution < -0.4 is 14.8 Å². The highest BCUT2D eigenvalue weighted by Gasteiger charge is 2.42. The smallest absolute Gasteiger partial charge is 0.321 e. The average Bonchev–Trinajstić information content (AvgIpc) is 2.78. The van der Waals surface area contributed by atoms with Crippen LogP contribution in [-0.2, 0) is 19.1 Å². The van der Waals surface area contributed by atoms with Crippen LogP contribution in [0.2, 0.25) is 0 Å². The minimum Gasteiger partial charge on any atom is -0.493 e. The van der Waals surface area contributed by atoms with E-state index in [0.29, 0.717) is 49.2 Å². The number of carbonyl (C=O) groups excluding carboxylic acids is 3. The number of carbonyl (C=O) groups is 3. The second kappa shape index (κ2) is 9.47. The highest BCUT2D eigenvalue weighted by Crippen LogP contribution is 2.36. The molecule has 1 N–H and O–H groups in total. The Kier molecular flexibility index (Phi) is 6.76. The Labute approximate surface area is 174 Å². The second-order valence-corrected chi connectivity index (χ2v) is 6.86. The number of esters is 1. The number of nitrogens with zero attached hydrogens (tertiary/aromatic N) is 3. The summed E-state index contributed by atoms with van der Waals surface area (Å²) in [7, 11) is 3.04. The maximum Gasteiger partial charge on any atom is 0.321 e. The molecule has 0 saturated carbocycles. The number of hydrogen-bond acceptors (Lipinski definition) is 8. The number of rotatable bonds is 6. The van der Waals surface area contributed by atoms with Gasteiger partial charge >= 0.3 is 5.97 Å². The fraction of sp³-hybridized carbons (Fsp3) is 0.500. The van der Waals surface area contributed by atoms with Crippen molar-refractivity contribution in [2.75, 3.05) is 47.0 Å². The SMILES string of the molecule is CCOC(=O)[C@H]1C(=O)NC(N2CCN(C=O)CC2)=N[C@H]1c1ccc(OC)c(OC)c1. The molecule has 1 saturated heterocycles. The van der Waals surface area contributed by atoms with Crippen molar-refractivity contribution in [1.29, 1.82) is 0 Å². The van der Waals surface area contributed by atoms with Crippen molar-refractivity contribution in [1.82, 2.24) is 15.1 Å². The summed E-state index contributed by atoms with van der Waals surface area (Å²) in [4.78, 5) is 44.7. The van der Waals surface area contributed by atoms with E-state index in [0.717, 1.165) is 6.41 Å². The minimum atomic E-state index is -1.12. The Morgan fingerprint density at radius 3 is 2.50 bits per heavy atom. The van der Waals surface area contributed by atoms with E-state index in [1.54, 1.807) is 30.0 Å². The molecule has 2 amide bonds. The molecule has 162 valence electrons. The van der Waals surface area contributed by atoms with Gasteiger partial charge in [-0.3, -0.25) is 19.7 Å². The molecule has 0 bridgehead atoms. The van der Waals surface area contributed by atoms with E-state index < -0.39 is 23.8 Å². The first-order valence-corrected chi connectivity index (χ1v) is 9.73. The largest absolute Gasteiger partial charge is 0.493 e. The Morgan fingerprint density at radius 1 is 1.20 bits per heavy atom. The van der Waals surface area contributed by atoms with Gasteiger partial charge in [0.05, 0.1) is 20.8 Å². The molecule has 10 heteroatoms. The standard InChI is InChI=1S/C20H26N4O6/c1-4-30-19(27)16-17(13-5-6-14(28-2)15(11-13)29-3)21-20(22-18(16)26)24-9-7-23(12-25)8-10-24/h5-6,11-12,16-17H,4,7-10H2,1-3H3,(H,21,22,26)/t16-,17+/m1/s1. The molecule has 0 unspecified atom stereocenters. The van der Waals surface area contributed by atoms with Gasteiger partial charge in [-0.1, -0.05) is 6.07 Å². The number of aliphatic imine (C=N–C) groups is 1. The van der Waals surface area contributed by atoms with E-state index in [2.05, 4.69) is 5.32 Å². The van der Waals surface area contributed by atoms with Gasteiger partial charge in [-0.15, -0.1) is 0 Å². The van der Waals surface area contributed by atoms with Gasteiger partial charge < -0.3 is 24.0 Å². The summed E-state index contributed by atoms with van der Waals surface area (Å²) in [6, 6.07) is 4.39. The molecule has 1 aromatic carbocycles. The lowest BCUT2D eigenvalue weighted by Crippen LogP contribution is -2.57. The summed E-state index contributed by atoms with van der Waals surface area (Å²) in [6.07, 6.45) is 0.807. The van der Waals surface area contributed by atoms with Crippen molar-refractivity contribution < 1.29 is 28.6 Å². The zero-order valence-electron chi connectivity index (χ0n) is 17.3. The highest BCUT2D eigenvalue weighted by molar-refractivity contribution is 6.08. The van der Waals surface area contributed by atoms with Crippen molar-refractivity contribution in [3.8, 4) is 11.5 Å². The first-order valence-electron chi connectivity index (χ1n) is 9.73. The van der Waals surface area contributed by atoms with Crippen LogP contribution in [0.1, 0.15) is 18.5 Å². The fourth-order valence-corrected chi connectivity index (χ4v) is 3.54. The van der Waals surface area contributed by atoms with Gasteiger partial charge in [0, 0.05) is 26.2 Å². The summed E-state index contributed by atoms with van der Waals surface area (Å²) in [5.41, 5.74) is 0.629. The highest BCUT2D eigenvalue weighted by atomic mass is 16.5. The number of ether oxygens (including phenoxy) is 3. The number of nitrogens with one attached hydrogen (secondary N) is 1. The normalized spacial score (nSPS) is 21.4. The zero-order chi connectivity index (χ0) is 21.7. The maximum atomic E-state index is 12.9. The summed E-state index contributed by atoms with van der Waals surface area (Å²) in [5, 5.41) is 2.73. The van der Waals surface area contributed by atoms with Crippen LogP contribution in [0.4, 0.5) is 0 Å². The number of methoxy groups -OCH3 is 2. The molecule has 2 aliphatic rings. The third kappa shape index (κ3) is 4.32. The van der Waals surface area contributed by atoms with Crippen molar-refractivity contribution >= 4 is 24.2 Å². The Hall–Kier alpha value is -3.30. The Balaban J connectivity index is 1.97. The molecule has 0 spiro atoms. The monoisotopic (exact) mass is 418 g/mol. The molecule has 2 heterocycles. The van der Waals surface area contributed by atoms with Gasteiger partial charge in [-0.05, 0) is 24.6 Å². The molecular formula is C20H26N4O6. The Morgan fingerprint density at radius 2 is 1.90 bits per heavy atom. The predicted octanol–water partition coefficient (Wildman–Crippen LogP) is 0.184. The van der Waals surface area contributed by atoms with E-state index in [1.807, 2.05) is 4.90 Å². The van der Waals surface area contributed by atoms with Crippen LogP contribution in [0, 0.1) is 5.92 Å². The molecule has 0 radical (unpaired) electrons. The van der Waals surface area contributed by atoms with Crippen LogP contribution in [-0.4, -0.2) is 81.1 Å². The number of guanidine groups is 1. The van der Waals surface area contributed by atoms with E-state index >= 15 is 0 Å². The second-order valence-electron chi connectivity index (χ2n) is 6.86. The van der Waals surface area contributed by atoms with Crippen LogP contribution in [0.25, 0.3) is 0 Å². The number of piperazine rings is 1. The predicted molar refractivity (Wildman–Crippen MR) is 107 cm³/mol. The van der Waals surface area contributed by atoms with Crippen molar-refractivity contribution in [3.05, 3.63) is 23.8 Å². The molecule has 0 aromatic heterocycles. The average molecular weight is 418 g/mol. The summed E-state index contributed by atoms with van der Waals surface area (Å²) in [5.74, 6) is -0.850. The van der Waals surface area contributed by atoms with Gasteiger partial charge in [0.2, 0.25) is 18.3 Å². The lowest BCUT2D eigenvalue weighted by Gasteiger charge is -2.37. The lowest BCUT2D eigenvalue weighted by atomic mass is 9.91. The maximum absolute atomic E-state index is 12.9. The third-order valence-electron chi connectivity index (χ3n) is 5.15. The number of amides is 2. The molecule has 10 nitrogen and oxygen atoms in total. The van der Waals surface area contributed by atoms with Crippen LogP contribution in [0.15, 0.2) is 23.2 Å². The molecule has 1 fully saturated rings. The summed E-state index contributed by atoms with van der Waals surface area (Å²) in [6.45, 7) is 3.96. The summed E-state index contributed by atoms with van der Waals surface area (Å²) >= 11 is 0. The van der Waals surface area contributed by atoms with E-state index in [9.17, 15) is 14.4 Å². The molecule has 30 heavy (non-hydrogen) atoms. The lowest BCUT2D eigenvalue weighted by molar-refractivity contribution is -0.153. The van der Waals surface area contributed by atoms with Gasteiger partial charge in [-0.2, -0.15) is 0 Å². The fourth-order valence-electron chi connectivity index (χ4n) is 3.54. The Bertz CT molecular complexity index is 835. The van der Waals surface area contributed by atoms with Gasteiger partial charge in [0.25, 0.3) is 0 Å². The minimum absolute atomic E-state index is 0.158. The quantitative estimate of drug-likeness (QED) is 0.399. The molecule has 2 aliphatic heterocycles. The topological polar surface area (TPSA) is 110 Å². The molecular weight excluding hydrogens is 392 g/mol. The van der Waals surface area contributed by atoms with E-state index in [4.69, 9.17) is 19.2 Å². The first kappa shape index (κ1) is 21.4. The van der Waals surface area contributed by atoms with Crippen molar-refractivity contribution in [2.45, 2.75) is 13.0 Å². The molecule has 3 rings (SSSR count). The zero-order valence-corrected chi connectivity index (χ0v) is 17.3. The number of hydrogen-bond donors (Lipinski definition) is 1. The molecule has 2 atom stereocenters. The molecule has 1 aromatic rings. The van der Waals surface area contributed by atoms with Crippen molar-refractivity contribution in [2.24, 2.45) is 10.9 Å². The van der Waals surface area contributed by atoms with Gasteiger partial charge in [-0.25, -0.2) is 4.99 Å². The van der Waals surface area contributed by atoms with E-state index in [1.165, 1.54) is 14.2 Å². The van der Waals surface area contributed by atoms with Crippen LogP contribution >= 0.6 is 0 Å². The van der Waals surface area contributed by atoms with Gasteiger partial charge in [0.15, 0.2) is 17.4 Å². The summed E-state index contributed by atoms with van der Waals surface area (Å²) < 4.78 is 15.8. The van der Waals surface area contributed by atoms with Crippen LogP contribution in [0.5, 0.6) is 11.5 Å². The number of benzene rings is 1. The van der Waals surface area contributed by atoms with E-state index in [-0.39, 0.29) is 6.61 Å². The van der Waals surface area contributed by atoms with Crippen molar-refractivity contribution in [3.63, 3.8) is 0 Å². The first-order chi connectivity index (χ1) is 14.5. The molecule has 0 aliphatic carbocycles. The van der Waals surface area contributed by atoms with Gasteiger partial charge in [0.1, 0.15) is 6.04 Å². The third-order valence-corrected chi connectivity index (χ3v) is 5.15.